The van der Waals surface area contributed by atoms with Crippen LogP contribution in [0.5, 0.6) is 0 Å². The molecule has 7 heteroatoms. The van der Waals surface area contributed by atoms with Gasteiger partial charge in [0.2, 0.25) is 0 Å². The molecule has 2 aromatic carbocycles. The second-order valence-corrected chi connectivity index (χ2v) is 7.97. The van der Waals surface area contributed by atoms with Crippen LogP contribution in [0.1, 0.15) is 15.9 Å². The quantitative estimate of drug-likeness (QED) is 0.527. The Morgan fingerprint density at radius 1 is 1.00 bits per heavy atom. The zero-order valence-corrected chi connectivity index (χ0v) is 18.8. The number of aliphatic imine (C=N–C) groups is 1. The number of likely N-dealkylation sites (N-methyl/N-ethyl adjacent to an activating group) is 1. The molecule has 1 amide bonds. The van der Waals surface area contributed by atoms with Crippen LogP contribution in [-0.4, -0.2) is 82.1 Å². The van der Waals surface area contributed by atoms with E-state index in [9.17, 15) is 4.79 Å². The number of hydrogen-bond acceptors (Lipinski definition) is 4. The number of piperazine rings is 1. The van der Waals surface area contributed by atoms with E-state index in [0.29, 0.717) is 18.7 Å². The van der Waals surface area contributed by atoms with Crippen molar-refractivity contribution in [1.29, 1.82) is 0 Å². The number of guanidine groups is 1. The summed E-state index contributed by atoms with van der Waals surface area (Å²) in [6, 6.07) is 18.3. The van der Waals surface area contributed by atoms with E-state index in [-0.39, 0.29) is 5.91 Å². The number of nitrogens with one attached hydrogen (secondary N) is 2. The third kappa shape index (κ3) is 6.72. The second-order valence-electron chi connectivity index (χ2n) is 7.97. The van der Waals surface area contributed by atoms with E-state index in [2.05, 4.69) is 49.7 Å². The number of anilines is 1. The fraction of sp³-hybridized carbons (Fsp3) is 0.417. The Hall–Kier alpha value is -3.06. The molecular weight excluding hydrogens is 388 g/mol. The molecule has 0 spiro atoms. The summed E-state index contributed by atoms with van der Waals surface area (Å²) in [4.78, 5) is 23.6. The smallest absolute Gasteiger partial charge is 0.251 e. The summed E-state index contributed by atoms with van der Waals surface area (Å²) in [5.74, 6) is 0.860. The molecule has 1 aliphatic rings. The number of carbonyl (C=O) groups is 1. The molecule has 0 radical (unpaired) electrons. The fourth-order valence-corrected chi connectivity index (χ4v) is 3.65. The molecular formula is C24H34N6O. The number of rotatable bonds is 7. The van der Waals surface area contributed by atoms with Crippen molar-refractivity contribution in [3.05, 3.63) is 65.7 Å². The predicted molar refractivity (Wildman–Crippen MR) is 128 cm³/mol. The van der Waals surface area contributed by atoms with E-state index in [1.165, 1.54) is 5.69 Å². The lowest BCUT2D eigenvalue weighted by molar-refractivity contribution is 0.0951. The molecule has 1 aliphatic heterocycles. The van der Waals surface area contributed by atoms with Gasteiger partial charge in [0, 0.05) is 64.1 Å². The van der Waals surface area contributed by atoms with Crippen LogP contribution in [0.25, 0.3) is 0 Å². The number of hydrogen-bond donors (Lipinski definition) is 2. The molecule has 2 N–H and O–H groups in total. The maximum Gasteiger partial charge on any atom is 0.251 e. The van der Waals surface area contributed by atoms with Crippen molar-refractivity contribution in [2.24, 2.45) is 4.99 Å². The van der Waals surface area contributed by atoms with Crippen molar-refractivity contribution in [1.82, 2.24) is 20.4 Å². The summed E-state index contributed by atoms with van der Waals surface area (Å²) >= 11 is 0. The van der Waals surface area contributed by atoms with Gasteiger partial charge in [-0.1, -0.05) is 30.3 Å². The first-order valence-corrected chi connectivity index (χ1v) is 10.8. The van der Waals surface area contributed by atoms with Crippen molar-refractivity contribution in [3.63, 3.8) is 0 Å². The van der Waals surface area contributed by atoms with Gasteiger partial charge in [0.15, 0.2) is 5.96 Å². The highest BCUT2D eigenvalue weighted by molar-refractivity contribution is 5.94. The summed E-state index contributed by atoms with van der Waals surface area (Å²) in [5.41, 5.74) is 3.01. The van der Waals surface area contributed by atoms with Crippen LogP contribution in [0.15, 0.2) is 59.6 Å². The first kappa shape index (κ1) is 22.6. The van der Waals surface area contributed by atoms with Crippen LogP contribution in [0, 0.1) is 0 Å². The Morgan fingerprint density at radius 3 is 2.42 bits per heavy atom. The predicted octanol–water partition coefficient (Wildman–Crippen LogP) is 1.88. The minimum Gasteiger partial charge on any atom is -0.368 e. The average molecular weight is 423 g/mol. The minimum atomic E-state index is -0.0369. The molecule has 31 heavy (non-hydrogen) atoms. The Labute approximate surface area is 185 Å². The maximum atomic E-state index is 12.4. The van der Waals surface area contributed by atoms with Gasteiger partial charge in [-0.2, -0.15) is 0 Å². The van der Waals surface area contributed by atoms with Crippen LogP contribution in [-0.2, 0) is 6.54 Å². The lowest BCUT2D eigenvalue weighted by Crippen LogP contribution is -2.52. The summed E-state index contributed by atoms with van der Waals surface area (Å²) in [6.07, 6.45) is 0. The monoisotopic (exact) mass is 422 g/mol. The van der Waals surface area contributed by atoms with Gasteiger partial charge in [0.25, 0.3) is 5.91 Å². The number of benzene rings is 2. The zero-order chi connectivity index (χ0) is 22.1. The van der Waals surface area contributed by atoms with Gasteiger partial charge >= 0.3 is 0 Å². The molecule has 1 heterocycles. The van der Waals surface area contributed by atoms with Crippen LogP contribution in [0.2, 0.25) is 0 Å². The molecule has 166 valence electrons. The summed E-state index contributed by atoms with van der Waals surface area (Å²) in [5, 5.41) is 6.42. The van der Waals surface area contributed by atoms with Crippen molar-refractivity contribution >= 4 is 17.6 Å². The number of carbonyl (C=O) groups excluding carboxylic acids is 1. The Balaban J connectivity index is 1.50. The zero-order valence-electron chi connectivity index (χ0n) is 18.8. The van der Waals surface area contributed by atoms with Gasteiger partial charge in [-0.15, -0.1) is 0 Å². The molecule has 3 rings (SSSR count). The van der Waals surface area contributed by atoms with Crippen LogP contribution in [0.4, 0.5) is 5.69 Å². The molecule has 1 fully saturated rings. The molecule has 0 atom stereocenters. The molecule has 0 unspecified atom stereocenters. The SMILES string of the molecule is CN=C(NCc1cccc(C(=O)NCCN(C)C)c1)N1CCN(c2ccccc2)CC1. The highest BCUT2D eigenvalue weighted by Gasteiger charge is 2.19. The van der Waals surface area contributed by atoms with Gasteiger partial charge in [0.05, 0.1) is 0 Å². The molecule has 0 aromatic heterocycles. The normalized spacial score (nSPS) is 14.6. The largest absolute Gasteiger partial charge is 0.368 e. The lowest BCUT2D eigenvalue weighted by Gasteiger charge is -2.37. The maximum absolute atomic E-state index is 12.4. The lowest BCUT2D eigenvalue weighted by atomic mass is 10.1. The third-order valence-electron chi connectivity index (χ3n) is 5.40. The van der Waals surface area contributed by atoms with Gasteiger partial charge in [-0.25, -0.2) is 0 Å². The molecule has 0 aliphatic carbocycles. The van der Waals surface area contributed by atoms with Gasteiger partial charge in [-0.05, 0) is 43.9 Å². The second kappa shape index (κ2) is 11.4. The average Bonchev–Trinajstić information content (AvgIpc) is 2.80. The first-order valence-electron chi connectivity index (χ1n) is 10.8. The van der Waals surface area contributed by atoms with Crippen LogP contribution < -0.4 is 15.5 Å². The molecule has 0 bridgehead atoms. The van der Waals surface area contributed by atoms with E-state index in [1.54, 1.807) is 0 Å². The van der Waals surface area contributed by atoms with E-state index in [1.807, 2.05) is 56.4 Å². The summed E-state index contributed by atoms with van der Waals surface area (Å²) in [6.45, 7) is 5.85. The minimum absolute atomic E-state index is 0.0369. The van der Waals surface area contributed by atoms with E-state index >= 15 is 0 Å². The highest BCUT2D eigenvalue weighted by atomic mass is 16.1. The number of para-hydroxylation sites is 1. The summed E-state index contributed by atoms with van der Waals surface area (Å²) < 4.78 is 0. The molecule has 7 nitrogen and oxygen atoms in total. The molecule has 2 aromatic rings. The van der Waals surface area contributed by atoms with Crippen molar-refractivity contribution in [2.45, 2.75) is 6.54 Å². The Kier molecular flexibility index (Phi) is 8.29. The molecule has 1 saturated heterocycles. The fourth-order valence-electron chi connectivity index (χ4n) is 3.65. The Morgan fingerprint density at radius 2 is 1.74 bits per heavy atom. The Bertz CT molecular complexity index is 859. The van der Waals surface area contributed by atoms with Crippen molar-refractivity contribution in [2.75, 3.05) is 65.3 Å². The topological polar surface area (TPSA) is 63.2 Å². The number of amides is 1. The highest BCUT2D eigenvalue weighted by Crippen LogP contribution is 2.15. The third-order valence-corrected chi connectivity index (χ3v) is 5.40. The van der Waals surface area contributed by atoms with Crippen LogP contribution >= 0.6 is 0 Å². The summed E-state index contributed by atoms with van der Waals surface area (Å²) in [7, 11) is 5.81. The van der Waals surface area contributed by atoms with Crippen molar-refractivity contribution < 1.29 is 4.79 Å². The van der Waals surface area contributed by atoms with E-state index in [0.717, 1.165) is 44.2 Å². The van der Waals surface area contributed by atoms with E-state index in [4.69, 9.17) is 0 Å². The van der Waals surface area contributed by atoms with Gasteiger partial charge in [-0.3, -0.25) is 9.79 Å². The molecule has 0 saturated carbocycles. The first-order chi connectivity index (χ1) is 15.1. The number of nitrogens with zero attached hydrogens (tertiary/aromatic N) is 4. The van der Waals surface area contributed by atoms with Gasteiger partial charge in [0.1, 0.15) is 0 Å². The van der Waals surface area contributed by atoms with Crippen molar-refractivity contribution in [3.8, 4) is 0 Å². The standard InChI is InChI=1S/C24H34N6O/c1-25-24(30-16-14-29(15-17-30)22-10-5-4-6-11-22)27-19-20-8-7-9-21(18-20)23(31)26-12-13-28(2)3/h4-11,18H,12-17,19H2,1-3H3,(H,25,27)(H,26,31). The van der Waals surface area contributed by atoms with Gasteiger partial charge < -0.3 is 25.3 Å². The van der Waals surface area contributed by atoms with E-state index < -0.39 is 0 Å². The van der Waals surface area contributed by atoms with Crippen LogP contribution in [0.3, 0.4) is 0 Å².